The van der Waals surface area contributed by atoms with Crippen LogP contribution in [0.25, 0.3) is 0 Å². The van der Waals surface area contributed by atoms with Gasteiger partial charge in [-0.05, 0) is 24.9 Å². The molecular formula is C17H28BrNO3. The molecule has 2 N–H and O–H groups in total. The molecule has 0 aromatic heterocycles. The maximum atomic E-state index is 9.97. The average Bonchev–Trinajstić information content (AvgIpc) is 2.53. The Balaban J connectivity index is 0.000000409. The van der Waals surface area contributed by atoms with Crippen molar-refractivity contribution in [1.29, 1.82) is 0 Å². The van der Waals surface area contributed by atoms with Crippen LogP contribution in [0.1, 0.15) is 51.2 Å². The largest absolute Gasteiger partial charge is 0.480 e. The molecule has 22 heavy (non-hydrogen) atoms. The second-order valence-electron chi connectivity index (χ2n) is 4.86. The summed E-state index contributed by atoms with van der Waals surface area (Å²) in [6.45, 7) is 5.15. The van der Waals surface area contributed by atoms with Crippen LogP contribution >= 0.6 is 15.9 Å². The number of alkyl halides is 1. The summed E-state index contributed by atoms with van der Waals surface area (Å²) in [4.78, 5) is 9.97. The highest BCUT2D eigenvalue weighted by atomic mass is 79.9. The number of halogens is 1. The minimum absolute atomic E-state index is 0.0870. The van der Waals surface area contributed by atoms with E-state index in [0.29, 0.717) is 5.52 Å². The third kappa shape index (κ3) is 11.7. The van der Waals surface area contributed by atoms with Gasteiger partial charge in [0.2, 0.25) is 0 Å². The van der Waals surface area contributed by atoms with E-state index in [1.54, 1.807) is 0 Å². The number of rotatable bonds is 10. The second-order valence-corrected chi connectivity index (χ2v) is 5.32. The molecule has 0 aliphatic carbocycles. The van der Waals surface area contributed by atoms with Crippen LogP contribution in [0.5, 0.6) is 0 Å². The lowest BCUT2D eigenvalue weighted by molar-refractivity contribution is -0.135. The van der Waals surface area contributed by atoms with Crippen molar-refractivity contribution in [3.8, 4) is 0 Å². The number of carboxylic acid groups (broad SMARTS) is 1. The van der Waals surface area contributed by atoms with E-state index in [4.69, 9.17) is 9.84 Å². The summed E-state index contributed by atoms with van der Waals surface area (Å²) in [6.07, 6.45) is 4.66. The van der Waals surface area contributed by atoms with Gasteiger partial charge in [0, 0.05) is 0 Å². The monoisotopic (exact) mass is 373 g/mol. The van der Waals surface area contributed by atoms with Gasteiger partial charge in [-0.3, -0.25) is 4.79 Å². The number of nitrogens with one attached hydrogen (secondary N) is 1. The Morgan fingerprint density at radius 2 is 1.95 bits per heavy atom. The van der Waals surface area contributed by atoms with Crippen molar-refractivity contribution >= 4 is 21.9 Å². The maximum absolute atomic E-state index is 9.97. The highest BCUT2D eigenvalue weighted by molar-refractivity contribution is 9.09. The molecule has 1 unspecified atom stereocenters. The van der Waals surface area contributed by atoms with Gasteiger partial charge in [0.1, 0.15) is 5.52 Å². The van der Waals surface area contributed by atoms with E-state index in [1.165, 1.54) is 18.4 Å². The van der Waals surface area contributed by atoms with Crippen LogP contribution in [0.2, 0.25) is 0 Å². The van der Waals surface area contributed by atoms with Gasteiger partial charge < -0.3 is 15.2 Å². The van der Waals surface area contributed by atoms with Gasteiger partial charge in [0.25, 0.3) is 0 Å². The van der Waals surface area contributed by atoms with Gasteiger partial charge in [0.15, 0.2) is 0 Å². The number of hydrogen-bond acceptors (Lipinski definition) is 3. The molecule has 1 aromatic carbocycles. The summed E-state index contributed by atoms with van der Waals surface area (Å²) < 4.78 is 5.49. The topological polar surface area (TPSA) is 58.6 Å². The van der Waals surface area contributed by atoms with Crippen molar-refractivity contribution in [3.63, 3.8) is 0 Å². The fourth-order valence-corrected chi connectivity index (χ4v) is 2.21. The first-order chi connectivity index (χ1) is 10.7. The smallest absolute Gasteiger partial charge is 0.317 e. The van der Waals surface area contributed by atoms with Crippen LogP contribution in [0.15, 0.2) is 30.3 Å². The summed E-state index contributed by atoms with van der Waals surface area (Å²) in [5.74, 6) is -0.781. The third-order valence-corrected chi connectivity index (χ3v) is 3.30. The number of carbonyl (C=O) groups is 1. The molecule has 1 rings (SSSR count). The van der Waals surface area contributed by atoms with E-state index in [9.17, 15) is 4.79 Å². The number of benzene rings is 1. The lowest BCUT2D eigenvalue weighted by Crippen LogP contribution is -2.23. The molecule has 126 valence electrons. The Morgan fingerprint density at radius 1 is 1.27 bits per heavy atom. The summed E-state index contributed by atoms with van der Waals surface area (Å²) >= 11 is 3.27. The normalized spacial score (nSPS) is 11.4. The molecule has 0 bridgehead atoms. The van der Waals surface area contributed by atoms with Crippen molar-refractivity contribution in [2.75, 3.05) is 18.6 Å². The SMILES string of the molecule is CCC(OCBr)c1ccccc1.CCCCCNCC(=O)O. The van der Waals surface area contributed by atoms with Gasteiger partial charge in [0.05, 0.1) is 12.6 Å². The van der Waals surface area contributed by atoms with Crippen LogP contribution < -0.4 is 5.32 Å². The molecule has 4 nitrogen and oxygen atoms in total. The van der Waals surface area contributed by atoms with Gasteiger partial charge >= 0.3 is 5.97 Å². The minimum atomic E-state index is -0.781. The molecule has 1 aromatic rings. The third-order valence-electron chi connectivity index (χ3n) is 3.04. The molecule has 0 amide bonds. The zero-order valence-electron chi connectivity index (χ0n) is 13.6. The van der Waals surface area contributed by atoms with Crippen LogP contribution in [-0.4, -0.2) is 29.7 Å². The Bertz CT molecular complexity index is 373. The summed E-state index contributed by atoms with van der Waals surface area (Å²) in [5.41, 5.74) is 1.85. The van der Waals surface area contributed by atoms with Crippen molar-refractivity contribution in [2.24, 2.45) is 0 Å². The summed E-state index contributed by atoms with van der Waals surface area (Å²) in [7, 11) is 0. The lowest BCUT2D eigenvalue weighted by Gasteiger charge is -2.13. The quantitative estimate of drug-likeness (QED) is 0.472. The van der Waals surface area contributed by atoms with Gasteiger partial charge in [-0.25, -0.2) is 0 Å². The van der Waals surface area contributed by atoms with Crippen LogP contribution in [0.4, 0.5) is 0 Å². The zero-order valence-corrected chi connectivity index (χ0v) is 15.1. The Morgan fingerprint density at radius 3 is 2.45 bits per heavy atom. The van der Waals surface area contributed by atoms with E-state index < -0.39 is 5.97 Å². The van der Waals surface area contributed by atoms with E-state index >= 15 is 0 Å². The molecule has 0 saturated carbocycles. The zero-order chi connectivity index (χ0) is 16.6. The minimum Gasteiger partial charge on any atom is -0.480 e. The molecule has 1 atom stereocenters. The molecule has 0 spiro atoms. The predicted octanol–water partition coefficient (Wildman–Crippen LogP) is 4.36. The molecule has 0 radical (unpaired) electrons. The van der Waals surface area contributed by atoms with Gasteiger partial charge in [-0.1, -0.05) is 73.0 Å². The number of hydrogen-bond donors (Lipinski definition) is 2. The van der Waals surface area contributed by atoms with E-state index in [1.807, 2.05) is 18.2 Å². The summed E-state index contributed by atoms with van der Waals surface area (Å²) in [5, 5.41) is 11.0. The Hall–Kier alpha value is -0.910. The lowest BCUT2D eigenvalue weighted by atomic mass is 10.1. The Labute approximate surface area is 142 Å². The van der Waals surface area contributed by atoms with Crippen molar-refractivity contribution in [2.45, 2.75) is 45.6 Å². The average molecular weight is 374 g/mol. The van der Waals surface area contributed by atoms with Crippen molar-refractivity contribution in [3.05, 3.63) is 35.9 Å². The first-order valence-corrected chi connectivity index (χ1v) is 8.92. The molecule has 0 aliphatic rings. The van der Waals surface area contributed by atoms with Gasteiger partial charge in [-0.2, -0.15) is 0 Å². The van der Waals surface area contributed by atoms with Gasteiger partial charge in [-0.15, -0.1) is 0 Å². The highest BCUT2D eigenvalue weighted by Gasteiger charge is 2.06. The second kappa shape index (κ2) is 15.0. The molecule has 0 aliphatic heterocycles. The number of aliphatic carboxylic acids is 1. The molecule has 5 heteroatoms. The fourth-order valence-electron chi connectivity index (χ4n) is 1.89. The molecular weight excluding hydrogens is 346 g/mol. The first-order valence-electron chi connectivity index (χ1n) is 7.80. The van der Waals surface area contributed by atoms with Crippen LogP contribution in [0.3, 0.4) is 0 Å². The molecule has 0 saturated heterocycles. The number of unbranched alkanes of at least 4 members (excludes halogenated alkanes) is 2. The van der Waals surface area contributed by atoms with Crippen LogP contribution in [-0.2, 0) is 9.53 Å². The predicted molar refractivity (Wildman–Crippen MR) is 94.4 cm³/mol. The van der Waals surface area contributed by atoms with Crippen LogP contribution in [0, 0.1) is 0 Å². The maximum Gasteiger partial charge on any atom is 0.317 e. The van der Waals surface area contributed by atoms with E-state index in [0.717, 1.165) is 19.4 Å². The molecule has 0 heterocycles. The fraction of sp³-hybridized carbons (Fsp3) is 0.588. The number of carboxylic acids is 1. The first kappa shape index (κ1) is 21.1. The highest BCUT2D eigenvalue weighted by Crippen LogP contribution is 2.20. The summed E-state index contributed by atoms with van der Waals surface area (Å²) in [6, 6.07) is 10.3. The van der Waals surface area contributed by atoms with Crippen molar-refractivity contribution in [1.82, 2.24) is 5.32 Å². The van der Waals surface area contributed by atoms with Crippen molar-refractivity contribution < 1.29 is 14.6 Å². The molecule has 0 fully saturated rings. The Kier molecular flexibility index (Phi) is 14.4. The van der Waals surface area contributed by atoms with E-state index in [-0.39, 0.29) is 12.6 Å². The standard InChI is InChI=1S/C10H13BrO.C7H15NO2/c1-2-10(12-8-11)9-6-4-3-5-7-9;1-2-3-4-5-8-6-7(9)10/h3-7,10H,2,8H2,1H3;8H,2-6H2,1H3,(H,9,10). The number of ether oxygens (including phenoxy) is 1. The van der Waals surface area contributed by atoms with E-state index in [2.05, 4.69) is 47.2 Å².